The monoisotopic (exact) mass is 160 g/mol. The van der Waals surface area contributed by atoms with Crippen LogP contribution >= 0.6 is 0 Å². The maximum absolute atomic E-state index is 10.2. The topological polar surface area (TPSA) is 30.2 Å². The van der Waals surface area contributed by atoms with E-state index in [1.807, 2.05) is 24.3 Å². The summed E-state index contributed by atoms with van der Waals surface area (Å²) in [4.78, 5) is 10.2. The van der Waals surface area contributed by atoms with Crippen molar-refractivity contribution < 1.29 is 9.21 Å². The number of carbonyl (C=O) groups excluding carboxylic acids is 1. The largest absolute Gasteiger partial charge is 0.464 e. The fourth-order valence-corrected chi connectivity index (χ4v) is 1.22. The van der Waals surface area contributed by atoms with Crippen molar-refractivity contribution in [2.75, 3.05) is 0 Å². The minimum absolute atomic E-state index is 0.455. The van der Waals surface area contributed by atoms with Crippen LogP contribution in [0.1, 0.15) is 5.56 Å². The molecule has 0 saturated heterocycles. The van der Waals surface area contributed by atoms with Crippen molar-refractivity contribution >= 4 is 17.3 Å². The third-order valence-corrected chi connectivity index (χ3v) is 1.84. The molecule has 1 heterocycles. The standard InChI is InChI=1S/C10H8O2/c11-5-3-8-1-2-9-4-6-12-10(9)7-8/h1-2,4-7H,3H2. The highest BCUT2D eigenvalue weighted by atomic mass is 16.3. The Morgan fingerprint density at radius 3 is 3.08 bits per heavy atom. The van der Waals surface area contributed by atoms with Crippen LogP contribution in [0, 0.1) is 0 Å². The number of benzene rings is 1. The fraction of sp³-hybridized carbons (Fsp3) is 0.100. The van der Waals surface area contributed by atoms with Gasteiger partial charge in [-0.2, -0.15) is 0 Å². The van der Waals surface area contributed by atoms with E-state index in [2.05, 4.69) is 0 Å². The molecule has 1 aromatic carbocycles. The fourth-order valence-electron chi connectivity index (χ4n) is 1.22. The summed E-state index contributed by atoms with van der Waals surface area (Å²) < 4.78 is 5.19. The Hall–Kier alpha value is -1.57. The zero-order chi connectivity index (χ0) is 8.39. The third-order valence-electron chi connectivity index (χ3n) is 1.84. The smallest absolute Gasteiger partial charge is 0.134 e. The summed E-state index contributed by atoms with van der Waals surface area (Å²) in [6.07, 6.45) is 3.00. The molecule has 2 heteroatoms. The molecule has 0 N–H and O–H groups in total. The van der Waals surface area contributed by atoms with Gasteiger partial charge in [0.1, 0.15) is 11.9 Å². The molecule has 0 unspecified atom stereocenters. The van der Waals surface area contributed by atoms with Crippen LogP contribution in [0.2, 0.25) is 0 Å². The Morgan fingerprint density at radius 1 is 1.33 bits per heavy atom. The van der Waals surface area contributed by atoms with E-state index in [4.69, 9.17) is 4.42 Å². The summed E-state index contributed by atoms with van der Waals surface area (Å²) in [6, 6.07) is 7.69. The Morgan fingerprint density at radius 2 is 2.25 bits per heavy atom. The molecule has 12 heavy (non-hydrogen) atoms. The lowest BCUT2D eigenvalue weighted by Crippen LogP contribution is -1.83. The number of rotatable bonds is 2. The van der Waals surface area contributed by atoms with Gasteiger partial charge in [-0.1, -0.05) is 12.1 Å². The maximum Gasteiger partial charge on any atom is 0.134 e. The lowest BCUT2D eigenvalue weighted by Gasteiger charge is -1.93. The van der Waals surface area contributed by atoms with Crippen LogP contribution < -0.4 is 0 Å². The molecular formula is C10H8O2. The van der Waals surface area contributed by atoms with Crippen molar-refractivity contribution in [1.82, 2.24) is 0 Å². The summed E-state index contributed by atoms with van der Waals surface area (Å²) in [5.74, 6) is 0. The Bertz CT molecular complexity index is 401. The summed E-state index contributed by atoms with van der Waals surface area (Å²) in [5.41, 5.74) is 1.84. The molecule has 0 aliphatic heterocycles. The Labute approximate surface area is 69.8 Å². The van der Waals surface area contributed by atoms with Gasteiger partial charge in [-0.25, -0.2) is 0 Å². The van der Waals surface area contributed by atoms with Crippen LogP contribution in [-0.4, -0.2) is 6.29 Å². The van der Waals surface area contributed by atoms with Gasteiger partial charge in [0.25, 0.3) is 0 Å². The van der Waals surface area contributed by atoms with Crippen LogP contribution in [0.25, 0.3) is 11.0 Å². The second kappa shape index (κ2) is 2.81. The highest BCUT2D eigenvalue weighted by Gasteiger charge is 1.97. The highest BCUT2D eigenvalue weighted by molar-refractivity contribution is 5.78. The number of aldehydes is 1. The molecule has 0 bridgehead atoms. The minimum atomic E-state index is 0.455. The second-order valence-electron chi connectivity index (χ2n) is 2.66. The molecule has 0 atom stereocenters. The first-order valence-electron chi connectivity index (χ1n) is 3.80. The molecule has 0 amide bonds. The van der Waals surface area contributed by atoms with E-state index < -0.39 is 0 Å². The van der Waals surface area contributed by atoms with Crippen molar-refractivity contribution in [3.8, 4) is 0 Å². The lowest BCUT2D eigenvalue weighted by atomic mass is 10.1. The van der Waals surface area contributed by atoms with Gasteiger partial charge in [0.15, 0.2) is 0 Å². The van der Waals surface area contributed by atoms with Gasteiger partial charge in [-0.15, -0.1) is 0 Å². The van der Waals surface area contributed by atoms with Crippen LogP contribution in [0.15, 0.2) is 34.9 Å². The first-order chi connectivity index (χ1) is 5.90. The number of carbonyl (C=O) groups is 1. The van der Waals surface area contributed by atoms with Crippen molar-refractivity contribution in [2.45, 2.75) is 6.42 Å². The molecule has 0 radical (unpaired) electrons. The summed E-state index contributed by atoms with van der Waals surface area (Å²) in [6.45, 7) is 0. The highest BCUT2D eigenvalue weighted by Crippen LogP contribution is 2.16. The first kappa shape index (κ1) is 7.10. The Kier molecular flexibility index (Phi) is 1.67. The molecule has 0 aliphatic carbocycles. The summed E-state index contributed by atoms with van der Waals surface area (Å²) in [5, 5.41) is 1.07. The van der Waals surface area contributed by atoms with Gasteiger partial charge < -0.3 is 9.21 Å². The molecule has 0 spiro atoms. The lowest BCUT2D eigenvalue weighted by molar-refractivity contribution is -0.107. The molecule has 2 aromatic rings. The molecule has 0 fully saturated rings. The average Bonchev–Trinajstić information content (AvgIpc) is 2.51. The number of hydrogen-bond donors (Lipinski definition) is 0. The van der Waals surface area contributed by atoms with E-state index in [1.165, 1.54) is 0 Å². The molecule has 0 saturated carbocycles. The summed E-state index contributed by atoms with van der Waals surface area (Å²) >= 11 is 0. The number of hydrogen-bond acceptors (Lipinski definition) is 2. The third kappa shape index (κ3) is 1.11. The van der Waals surface area contributed by atoms with Gasteiger partial charge >= 0.3 is 0 Å². The van der Waals surface area contributed by atoms with Gasteiger partial charge in [-0.05, 0) is 17.7 Å². The van der Waals surface area contributed by atoms with Crippen molar-refractivity contribution in [3.05, 3.63) is 36.1 Å². The predicted octanol–water partition coefficient (Wildman–Crippen LogP) is 2.17. The molecule has 60 valence electrons. The average molecular weight is 160 g/mol. The normalized spacial score (nSPS) is 10.3. The van der Waals surface area contributed by atoms with Crippen molar-refractivity contribution in [3.63, 3.8) is 0 Å². The van der Waals surface area contributed by atoms with E-state index >= 15 is 0 Å². The van der Waals surface area contributed by atoms with E-state index in [0.29, 0.717) is 6.42 Å². The van der Waals surface area contributed by atoms with Crippen molar-refractivity contribution in [2.24, 2.45) is 0 Å². The van der Waals surface area contributed by atoms with Crippen LogP contribution in [0.3, 0.4) is 0 Å². The summed E-state index contributed by atoms with van der Waals surface area (Å²) in [7, 11) is 0. The van der Waals surface area contributed by atoms with Crippen LogP contribution in [-0.2, 0) is 11.2 Å². The van der Waals surface area contributed by atoms with Crippen LogP contribution in [0.5, 0.6) is 0 Å². The number of fused-ring (bicyclic) bond motifs is 1. The molecular weight excluding hydrogens is 152 g/mol. The van der Waals surface area contributed by atoms with E-state index in [9.17, 15) is 4.79 Å². The maximum atomic E-state index is 10.2. The zero-order valence-corrected chi connectivity index (χ0v) is 6.49. The molecule has 2 rings (SSSR count). The SMILES string of the molecule is O=CCc1ccc2ccoc2c1. The van der Waals surface area contributed by atoms with Crippen molar-refractivity contribution in [1.29, 1.82) is 0 Å². The van der Waals surface area contributed by atoms with E-state index in [1.54, 1.807) is 6.26 Å². The van der Waals surface area contributed by atoms with E-state index in [-0.39, 0.29) is 0 Å². The van der Waals surface area contributed by atoms with E-state index in [0.717, 1.165) is 22.8 Å². The molecule has 1 aromatic heterocycles. The zero-order valence-electron chi connectivity index (χ0n) is 6.49. The molecule has 2 nitrogen and oxygen atoms in total. The van der Waals surface area contributed by atoms with Crippen LogP contribution in [0.4, 0.5) is 0 Å². The van der Waals surface area contributed by atoms with Gasteiger partial charge in [0.2, 0.25) is 0 Å². The Balaban J connectivity index is 2.52. The second-order valence-corrected chi connectivity index (χ2v) is 2.66. The molecule has 0 aliphatic rings. The first-order valence-corrected chi connectivity index (χ1v) is 3.80. The predicted molar refractivity (Wildman–Crippen MR) is 46.0 cm³/mol. The van der Waals surface area contributed by atoms with Gasteiger partial charge in [-0.3, -0.25) is 0 Å². The quantitative estimate of drug-likeness (QED) is 0.630. The van der Waals surface area contributed by atoms with Gasteiger partial charge in [0.05, 0.1) is 6.26 Å². The minimum Gasteiger partial charge on any atom is -0.464 e. The number of furan rings is 1. The van der Waals surface area contributed by atoms with Gasteiger partial charge in [0, 0.05) is 11.8 Å².